The van der Waals surface area contributed by atoms with Crippen molar-refractivity contribution in [1.82, 2.24) is 0 Å². The summed E-state index contributed by atoms with van der Waals surface area (Å²) in [7, 11) is 0. The Kier molecular flexibility index (Phi) is 5.38. The van der Waals surface area contributed by atoms with Crippen LogP contribution in [0.3, 0.4) is 0 Å². The number of aryl methyl sites for hydroxylation is 1. The molecule has 0 unspecified atom stereocenters. The Hall–Kier alpha value is -1.31. The van der Waals surface area contributed by atoms with Crippen LogP contribution in [0.4, 0.5) is 0 Å². The molecule has 1 aromatic rings. The minimum Gasteiger partial charge on any atom is -0.466 e. The summed E-state index contributed by atoms with van der Waals surface area (Å²) in [6.07, 6.45) is 15.0. The second-order valence-corrected chi connectivity index (χ2v) is 9.42. The van der Waals surface area contributed by atoms with Crippen LogP contribution in [0.15, 0.2) is 24.3 Å². The van der Waals surface area contributed by atoms with E-state index < -0.39 is 0 Å². The summed E-state index contributed by atoms with van der Waals surface area (Å²) < 4.78 is 5.02. The molecule has 1 aromatic carbocycles. The van der Waals surface area contributed by atoms with Crippen molar-refractivity contribution in [3.05, 3.63) is 35.4 Å². The second-order valence-electron chi connectivity index (χ2n) is 9.42. The Morgan fingerprint density at radius 3 is 2.12 bits per heavy atom. The van der Waals surface area contributed by atoms with Gasteiger partial charge in [-0.05, 0) is 99.0 Å². The van der Waals surface area contributed by atoms with E-state index in [1.807, 2.05) is 6.92 Å². The lowest BCUT2D eigenvalue weighted by atomic mass is 9.48. The van der Waals surface area contributed by atoms with Gasteiger partial charge in [0.05, 0.1) is 13.0 Å². The number of hydrogen-bond donors (Lipinski definition) is 0. The van der Waals surface area contributed by atoms with Gasteiger partial charge in [-0.25, -0.2) is 0 Å². The summed E-state index contributed by atoms with van der Waals surface area (Å²) in [6.45, 7) is 2.31. The summed E-state index contributed by atoms with van der Waals surface area (Å²) >= 11 is 0. The first-order valence-electron chi connectivity index (χ1n) is 10.9. The predicted molar refractivity (Wildman–Crippen MR) is 105 cm³/mol. The highest BCUT2D eigenvalue weighted by Gasteiger charge is 2.50. The largest absolute Gasteiger partial charge is 0.466 e. The van der Waals surface area contributed by atoms with Gasteiger partial charge in [-0.3, -0.25) is 4.79 Å². The van der Waals surface area contributed by atoms with Crippen LogP contribution in [0, 0.1) is 23.2 Å². The number of carbonyl (C=O) groups excluding carboxylic acids is 1. The van der Waals surface area contributed by atoms with Gasteiger partial charge in [0.1, 0.15) is 0 Å². The van der Waals surface area contributed by atoms with E-state index in [9.17, 15) is 4.79 Å². The predicted octanol–water partition coefficient (Wildman–Crippen LogP) is 5.72. The van der Waals surface area contributed by atoms with Crippen molar-refractivity contribution in [3.63, 3.8) is 0 Å². The Morgan fingerprint density at radius 1 is 0.962 bits per heavy atom. The molecule has 0 heterocycles. The monoisotopic (exact) mass is 354 g/mol. The van der Waals surface area contributed by atoms with E-state index in [1.165, 1.54) is 31.2 Å². The molecule has 4 aliphatic rings. The van der Waals surface area contributed by atoms with E-state index in [-0.39, 0.29) is 5.97 Å². The molecule has 0 aromatic heterocycles. The number of esters is 1. The van der Waals surface area contributed by atoms with Gasteiger partial charge in [-0.2, -0.15) is 0 Å². The van der Waals surface area contributed by atoms with Gasteiger partial charge >= 0.3 is 5.97 Å². The first kappa shape index (κ1) is 18.1. The van der Waals surface area contributed by atoms with E-state index in [1.54, 1.807) is 38.5 Å². The summed E-state index contributed by atoms with van der Waals surface area (Å²) in [5.74, 6) is 3.10. The summed E-state index contributed by atoms with van der Waals surface area (Å²) in [4.78, 5) is 11.5. The van der Waals surface area contributed by atoms with Crippen LogP contribution in [0.2, 0.25) is 0 Å². The maximum Gasteiger partial charge on any atom is 0.310 e. The molecule has 0 saturated heterocycles. The third-order valence-electron chi connectivity index (χ3n) is 7.26. The fourth-order valence-electron chi connectivity index (χ4n) is 6.63. The maximum absolute atomic E-state index is 11.5. The number of ether oxygens (including phenoxy) is 1. The molecule has 0 spiro atoms. The first-order valence-corrected chi connectivity index (χ1v) is 10.9. The number of rotatable bonds is 8. The normalized spacial score (nSPS) is 32.0. The molecule has 0 N–H and O–H groups in total. The molecule has 4 saturated carbocycles. The third-order valence-corrected chi connectivity index (χ3v) is 7.26. The van der Waals surface area contributed by atoms with Crippen LogP contribution in [0.1, 0.15) is 75.8 Å². The van der Waals surface area contributed by atoms with E-state index >= 15 is 0 Å². The number of carbonyl (C=O) groups is 1. The molecule has 26 heavy (non-hydrogen) atoms. The molecule has 4 fully saturated rings. The Morgan fingerprint density at radius 2 is 1.54 bits per heavy atom. The van der Waals surface area contributed by atoms with Crippen LogP contribution in [0.5, 0.6) is 0 Å². The molecule has 2 heteroatoms. The van der Waals surface area contributed by atoms with Crippen molar-refractivity contribution in [3.8, 4) is 0 Å². The van der Waals surface area contributed by atoms with E-state index in [0.29, 0.717) is 13.0 Å². The second kappa shape index (κ2) is 7.74. The molecule has 2 nitrogen and oxygen atoms in total. The van der Waals surface area contributed by atoms with Crippen LogP contribution < -0.4 is 0 Å². The Bertz CT molecular complexity index is 580. The molecule has 0 aliphatic heterocycles. The van der Waals surface area contributed by atoms with Crippen molar-refractivity contribution in [2.45, 2.75) is 77.6 Å². The molecular weight excluding hydrogens is 320 g/mol. The van der Waals surface area contributed by atoms with Gasteiger partial charge in [0, 0.05) is 0 Å². The van der Waals surface area contributed by atoms with Crippen LogP contribution in [-0.2, 0) is 22.4 Å². The van der Waals surface area contributed by atoms with E-state index in [2.05, 4.69) is 24.3 Å². The highest BCUT2D eigenvalue weighted by molar-refractivity contribution is 5.72. The van der Waals surface area contributed by atoms with Gasteiger partial charge in [-0.15, -0.1) is 0 Å². The highest BCUT2D eigenvalue weighted by Crippen LogP contribution is 2.61. The van der Waals surface area contributed by atoms with Crippen LogP contribution in [0.25, 0.3) is 0 Å². The summed E-state index contributed by atoms with van der Waals surface area (Å²) in [6, 6.07) is 8.56. The van der Waals surface area contributed by atoms with Crippen molar-refractivity contribution in [2.24, 2.45) is 23.2 Å². The fourth-order valence-corrected chi connectivity index (χ4v) is 6.63. The van der Waals surface area contributed by atoms with Gasteiger partial charge in [-0.1, -0.05) is 30.7 Å². The zero-order valence-corrected chi connectivity index (χ0v) is 16.3. The molecular formula is C24H34O2. The Balaban J connectivity index is 1.21. The van der Waals surface area contributed by atoms with Gasteiger partial charge in [0.25, 0.3) is 0 Å². The molecule has 0 radical (unpaired) electrons. The van der Waals surface area contributed by atoms with Crippen molar-refractivity contribution in [1.29, 1.82) is 0 Å². The minimum atomic E-state index is -0.129. The van der Waals surface area contributed by atoms with E-state index in [0.717, 1.165) is 28.7 Å². The van der Waals surface area contributed by atoms with Gasteiger partial charge in [0.15, 0.2) is 0 Å². The fraction of sp³-hybridized carbons (Fsp3) is 0.708. The number of unbranched alkanes of at least 4 members (excludes halogenated alkanes) is 1. The van der Waals surface area contributed by atoms with Crippen molar-refractivity contribution < 1.29 is 9.53 Å². The first-order chi connectivity index (χ1) is 12.6. The topological polar surface area (TPSA) is 26.3 Å². The third kappa shape index (κ3) is 4.15. The molecule has 4 bridgehead atoms. The molecule has 5 rings (SSSR count). The van der Waals surface area contributed by atoms with E-state index in [4.69, 9.17) is 4.74 Å². The standard InChI is InChI=1S/C24H34O2/c1-2-26-23(25)14-19-8-6-18(7-9-19)5-3-4-10-24-15-20-11-21(16-24)13-22(12-20)17-24/h6-9,20-22H,2-5,10-17H2,1H3. The summed E-state index contributed by atoms with van der Waals surface area (Å²) in [5.41, 5.74) is 3.20. The average molecular weight is 355 g/mol. The van der Waals surface area contributed by atoms with Gasteiger partial charge < -0.3 is 4.74 Å². The maximum atomic E-state index is 11.5. The minimum absolute atomic E-state index is 0.129. The lowest BCUT2D eigenvalue weighted by Gasteiger charge is -2.57. The average Bonchev–Trinajstić information content (AvgIpc) is 2.59. The van der Waals surface area contributed by atoms with Crippen molar-refractivity contribution >= 4 is 5.97 Å². The Labute approximate surface area is 158 Å². The number of hydrogen-bond acceptors (Lipinski definition) is 2. The molecule has 0 atom stereocenters. The summed E-state index contributed by atoms with van der Waals surface area (Å²) in [5, 5.41) is 0. The quantitative estimate of drug-likeness (QED) is 0.441. The van der Waals surface area contributed by atoms with Crippen LogP contribution >= 0.6 is 0 Å². The molecule has 0 amide bonds. The molecule has 142 valence electrons. The highest BCUT2D eigenvalue weighted by atomic mass is 16.5. The van der Waals surface area contributed by atoms with Gasteiger partial charge in [0.2, 0.25) is 0 Å². The molecule has 4 aliphatic carbocycles. The van der Waals surface area contributed by atoms with Crippen molar-refractivity contribution in [2.75, 3.05) is 6.61 Å². The zero-order chi connectivity index (χ0) is 18.0. The lowest BCUT2D eigenvalue weighted by Crippen LogP contribution is -2.45. The smallest absolute Gasteiger partial charge is 0.310 e. The lowest BCUT2D eigenvalue weighted by molar-refractivity contribution is -0.142. The van der Waals surface area contributed by atoms with Crippen LogP contribution in [-0.4, -0.2) is 12.6 Å². The SMILES string of the molecule is CCOC(=O)Cc1ccc(CCCCC23CC4CC(CC(C4)C2)C3)cc1. The number of benzene rings is 1. The zero-order valence-electron chi connectivity index (χ0n) is 16.3.